The van der Waals surface area contributed by atoms with Crippen LogP contribution in [0.15, 0.2) is 18.2 Å². The molecule has 1 aromatic carbocycles. The maximum atomic E-state index is 12.9. The molecule has 1 amide bonds. The molecule has 5 nitrogen and oxygen atoms in total. The van der Waals surface area contributed by atoms with Crippen molar-refractivity contribution in [3.63, 3.8) is 0 Å². The average molecular weight is 305 g/mol. The van der Waals surface area contributed by atoms with Gasteiger partial charge in [0.15, 0.2) is 0 Å². The molecule has 1 fully saturated rings. The highest BCUT2D eigenvalue weighted by molar-refractivity contribution is 5.92. The molecule has 0 saturated heterocycles. The summed E-state index contributed by atoms with van der Waals surface area (Å²) in [7, 11) is 3.17. The number of carbonyl (C=O) groups is 2. The zero-order valence-electron chi connectivity index (χ0n) is 13.5. The molecule has 5 heteroatoms. The second kappa shape index (κ2) is 5.99. The largest absolute Gasteiger partial charge is 0.496 e. The van der Waals surface area contributed by atoms with E-state index in [1.165, 1.54) is 11.8 Å². The molecule has 1 aliphatic rings. The molecule has 1 N–H and O–H groups in total. The Bertz CT molecular complexity index is 592. The first-order valence-corrected chi connectivity index (χ1v) is 7.48. The monoisotopic (exact) mass is 305 g/mol. The zero-order chi connectivity index (χ0) is 16.5. The van der Waals surface area contributed by atoms with Gasteiger partial charge in [-0.05, 0) is 43.9 Å². The van der Waals surface area contributed by atoms with Gasteiger partial charge in [-0.15, -0.1) is 0 Å². The second-order valence-electron chi connectivity index (χ2n) is 6.05. The number of aryl methyl sites for hydroxylation is 1. The van der Waals surface area contributed by atoms with E-state index in [2.05, 4.69) is 0 Å². The maximum absolute atomic E-state index is 12.9. The average Bonchev–Trinajstić information content (AvgIpc) is 2.45. The number of ether oxygens (including phenoxy) is 1. The Morgan fingerprint density at radius 3 is 2.45 bits per heavy atom. The van der Waals surface area contributed by atoms with Crippen LogP contribution < -0.4 is 4.74 Å². The summed E-state index contributed by atoms with van der Waals surface area (Å²) in [4.78, 5) is 25.4. The number of hydrogen-bond acceptors (Lipinski definition) is 3. The van der Waals surface area contributed by atoms with Crippen LogP contribution in [-0.4, -0.2) is 42.1 Å². The molecular formula is C17H23NO4. The first-order valence-electron chi connectivity index (χ1n) is 7.48. The minimum Gasteiger partial charge on any atom is -0.496 e. The molecule has 0 heterocycles. The van der Waals surface area contributed by atoms with Crippen LogP contribution in [0.25, 0.3) is 0 Å². The summed E-state index contributed by atoms with van der Waals surface area (Å²) in [5.74, 6) is -0.364. The molecule has 0 aliphatic heterocycles. The highest BCUT2D eigenvalue weighted by atomic mass is 16.5. The quantitative estimate of drug-likeness (QED) is 0.907. The van der Waals surface area contributed by atoms with Gasteiger partial charge in [0.1, 0.15) is 11.8 Å². The van der Waals surface area contributed by atoms with E-state index in [-0.39, 0.29) is 5.91 Å². The summed E-state index contributed by atoms with van der Waals surface area (Å²) in [6.07, 6.45) is 2.46. The third-order valence-electron chi connectivity index (χ3n) is 4.84. The maximum Gasteiger partial charge on any atom is 0.326 e. The van der Waals surface area contributed by atoms with E-state index in [4.69, 9.17) is 9.84 Å². The molecule has 1 atom stereocenters. The number of amides is 1. The zero-order valence-corrected chi connectivity index (χ0v) is 13.5. The van der Waals surface area contributed by atoms with Crippen molar-refractivity contribution in [3.05, 3.63) is 29.3 Å². The van der Waals surface area contributed by atoms with Crippen LogP contribution in [0.4, 0.5) is 0 Å². The van der Waals surface area contributed by atoms with E-state index in [1.54, 1.807) is 14.2 Å². The molecule has 1 aromatic rings. The van der Waals surface area contributed by atoms with Gasteiger partial charge >= 0.3 is 5.97 Å². The van der Waals surface area contributed by atoms with Crippen molar-refractivity contribution in [2.24, 2.45) is 0 Å². The number of methoxy groups -OCH3 is 1. The number of nitrogens with zero attached hydrogens (tertiary/aromatic N) is 1. The summed E-state index contributed by atoms with van der Waals surface area (Å²) in [5, 5.41) is 9.13. The van der Waals surface area contributed by atoms with Crippen LogP contribution in [0.5, 0.6) is 5.75 Å². The normalized spacial score (nSPS) is 17.3. The summed E-state index contributed by atoms with van der Waals surface area (Å²) < 4.78 is 5.36. The number of likely N-dealkylation sites (N-methyl/N-ethyl adjacent to an activating group) is 1. The van der Waals surface area contributed by atoms with Crippen LogP contribution >= 0.6 is 0 Å². The van der Waals surface area contributed by atoms with Gasteiger partial charge in [-0.3, -0.25) is 4.79 Å². The first-order chi connectivity index (χ1) is 10.3. The lowest BCUT2D eigenvalue weighted by molar-refractivity contribution is -0.152. The van der Waals surface area contributed by atoms with Crippen molar-refractivity contribution in [2.75, 3.05) is 14.2 Å². The van der Waals surface area contributed by atoms with E-state index in [0.29, 0.717) is 0 Å². The Hall–Kier alpha value is -2.04. The van der Waals surface area contributed by atoms with Gasteiger partial charge in [0.2, 0.25) is 5.91 Å². The van der Waals surface area contributed by atoms with Crippen molar-refractivity contribution in [1.29, 1.82) is 0 Å². The Kier molecular flexibility index (Phi) is 4.44. The van der Waals surface area contributed by atoms with Crippen molar-refractivity contribution < 1.29 is 19.4 Å². The van der Waals surface area contributed by atoms with E-state index in [0.717, 1.165) is 36.1 Å². The van der Waals surface area contributed by atoms with Crippen molar-refractivity contribution in [2.45, 2.75) is 44.6 Å². The molecular weight excluding hydrogens is 282 g/mol. The van der Waals surface area contributed by atoms with Gasteiger partial charge in [0.05, 0.1) is 12.5 Å². The number of hydrogen-bond donors (Lipinski definition) is 1. The van der Waals surface area contributed by atoms with E-state index < -0.39 is 17.4 Å². The Morgan fingerprint density at radius 2 is 2.00 bits per heavy atom. The minimum atomic E-state index is -0.994. The first kappa shape index (κ1) is 16.3. The minimum absolute atomic E-state index is 0.125. The molecule has 2 rings (SSSR count). The van der Waals surface area contributed by atoms with Gasteiger partial charge in [-0.1, -0.05) is 18.6 Å². The third-order valence-corrected chi connectivity index (χ3v) is 4.84. The number of carbonyl (C=O) groups excluding carboxylic acids is 1. The smallest absolute Gasteiger partial charge is 0.326 e. The number of rotatable bonds is 5. The van der Waals surface area contributed by atoms with E-state index >= 15 is 0 Å². The fourth-order valence-corrected chi connectivity index (χ4v) is 2.95. The molecule has 0 bridgehead atoms. The van der Waals surface area contributed by atoms with Gasteiger partial charge in [-0.25, -0.2) is 4.79 Å². The number of carboxylic acid groups (broad SMARTS) is 1. The molecule has 0 aromatic heterocycles. The van der Waals surface area contributed by atoms with Gasteiger partial charge in [0.25, 0.3) is 0 Å². The van der Waals surface area contributed by atoms with Gasteiger partial charge in [-0.2, -0.15) is 0 Å². The van der Waals surface area contributed by atoms with Crippen LogP contribution in [-0.2, 0) is 15.0 Å². The van der Waals surface area contributed by atoms with E-state index in [1.807, 2.05) is 25.1 Å². The molecule has 22 heavy (non-hydrogen) atoms. The Morgan fingerprint density at radius 1 is 1.36 bits per heavy atom. The SMILES string of the molecule is COc1cc(C2(C(=O)N(C)C(C)C(=O)O)CCC2)ccc1C. The van der Waals surface area contributed by atoms with Crippen LogP contribution in [0.1, 0.15) is 37.3 Å². The molecule has 1 aliphatic carbocycles. The highest BCUT2D eigenvalue weighted by Crippen LogP contribution is 2.46. The van der Waals surface area contributed by atoms with Crippen LogP contribution in [0.2, 0.25) is 0 Å². The molecule has 0 radical (unpaired) electrons. The molecule has 1 saturated carbocycles. The summed E-state index contributed by atoms with van der Waals surface area (Å²) in [6, 6.07) is 4.97. The second-order valence-corrected chi connectivity index (χ2v) is 6.05. The molecule has 120 valence electrons. The topological polar surface area (TPSA) is 66.8 Å². The summed E-state index contributed by atoms with van der Waals surface area (Å²) >= 11 is 0. The fraction of sp³-hybridized carbons (Fsp3) is 0.529. The van der Waals surface area contributed by atoms with Crippen LogP contribution in [0, 0.1) is 6.92 Å². The lowest BCUT2D eigenvalue weighted by atomic mass is 9.63. The van der Waals surface area contributed by atoms with E-state index in [9.17, 15) is 9.59 Å². The lowest BCUT2D eigenvalue weighted by Crippen LogP contribution is -2.53. The number of carboxylic acids is 1. The van der Waals surface area contributed by atoms with Crippen LogP contribution in [0.3, 0.4) is 0 Å². The predicted molar refractivity (Wildman–Crippen MR) is 83.1 cm³/mol. The van der Waals surface area contributed by atoms with Crippen molar-refractivity contribution in [1.82, 2.24) is 4.90 Å². The van der Waals surface area contributed by atoms with Gasteiger partial charge in [0, 0.05) is 7.05 Å². The lowest BCUT2D eigenvalue weighted by Gasteiger charge is -2.44. The number of aliphatic carboxylic acids is 1. The molecule has 0 spiro atoms. The number of benzene rings is 1. The summed E-state index contributed by atoms with van der Waals surface area (Å²) in [5.41, 5.74) is 1.32. The molecule has 1 unspecified atom stereocenters. The fourth-order valence-electron chi connectivity index (χ4n) is 2.95. The summed E-state index contributed by atoms with van der Waals surface area (Å²) in [6.45, 7) is 3.48. The Labute approximate surface area is 130 Å². The van der Waals surface area contributed by atoms with Crippen molar-refractivity contribution >= 4 is 11.9 Å². The standard InChI is InChI=1S/C17H23NO4/c1-11-6-7-13(10-14(11)22-4)17(8-5-9-17)16(21)18(3)12(2)15(19)20/h6-7,10,12H,5,8-9H2,1-4H3,(H,19,20). The predicted octanol–water partition coefficient (Wildman–Crippen LogP) is 2.36. The van der Waals surface area contributed by atoms with Crippen molar-refractivity contribution in [3.8, 4) is 5.75 Å². The Balaban J connectivity index is 2.37. The highest BCUT2D eigenvalue weighted by Gasteiger charge is 2.48. The van der Waals surface area contributed by atoms with Gasteiger partial charge < -0.3 is 14.7 Å². The third kappa shape index (κ3) is 2.56.